The van der Waals surface area contributed by atoms with Crippen molar-refractivity contribution >= 4 is 21.6 Å². The number of aromatic nitrogens is 2. The van der Waals surface area contributed by atoms with Crippen molar-refractivity contribution in [2.24, 2.45) is 5.92 Å². The number of hydrogen-bond acceptors (Lipinski definition) is 3. The van der Waals surface area contributed by atoms with E-state index in [2.05, 4.69) is 32.9 Å². The first-order valence-electron chi connectivity index (χ1n) is 6.59. The highest BCUT2D eigenvalue weighted by Crippen LogP contribution is 2.20. The monoisotopic (exact) mass is 313 g/mol. The molecule has 2 rings (SSSR count). The molecule has 1 aliphatic heterocycles. The lowest BCUT2D eigenvalue weighted by molar-refractivity contribution is 0.437. The molecule has 2 heterocycles. The van der Waals surface area contributed by atoms with E-state index in [-0.39, 0.29) is 5.56 Å². The van der Waals surface area contributed by atoms with Crippen LogP contribution in [0.2, 0.25) is 0 Å². The minimum absolute atomic E-state index is 0.00655. The summed E-state index contributed by atoms with van der Waals surface area (Å²) in [6.45, 7) is 5.04. The fraction of sp³-hybridized carbons (Fsp3) is 0.692. The van der Waals surface area contributed by atoms with Gasteiger partial charge in [0.2, 0.25) is 0 Å². The van der Waals surface area contributed by atoms with Crippen molar-refractivity contribution < 1.29 is 0 Å². The van der Waals surface area contributed by atoms with Crippen LogP contribution in [0, 0.1) is 5.92 Å². The van der Waals surface area contributed by atoms with Gasteiger partial charge in [0.25, 0.3) is 5.56 Å². The zero-order valence-corrected chi connectivity index (χ0v) is 12.4. The molecule has 100 valence electrons. The van der Waals surface area contributed by atoms with E-state index in [1.54, 1.807) is 6.07 Å². The van der Waals surface area contributed by atoms with Crippen LogP contribution < -0.4 is 10.5 Å². The molecule has 0 atom stereocenters. The van der Waals surface area contributed by atoms with Gasteiger partial charge in [-0.05, 0) is 25.2 Å². The highest BCUT2D eigenvalue weighted by molar-refractivity contribution is 9.09. The molecule has 1 saturated heterocycles. The molecule has 0 N–H and O–H groups in total. The zero-order valence-electron chi connectivity index (χ0n) is 10.8. The van der Waals surface area contributed by atoms with Gasteiger partial charge < -0.3 is 4.90 Å². The van der Waals surface area contributed by atoms with Crippen LogP contribution in [0.1, 0.15) is 26.2 Å². The van der Waals surface area contributed by atoms with Crippen LogP contribution in [0.15, 0.2) is 17.1 Å². The number of piperidine rings is 1. The maximum atomic E-state index is 11.9. The van der Waals surface area contributed by atoms with Crippen molar-refractivity contribution in [3.63, 3.8) is 0 Å². The summed E-state index contributed by atoms with van der Waals surface area (Å²) < 4.78 is 1.54. The molecule has 18 heavy (non-hydrogen) atoms. The van der Waals surface area contributed by atoms with Gasteiger partial charge in [-0.2, -0.15) is 5.10 Å². The Morgan fingerprint density at radius 1 is 1.44 bits per heavy atom. The van der Waals surface area contributed by atoms with E-state index >= 15 is 0 Å². The molecule has 0 spiro atoms. The summed E-state index contributed by atoms with van der Waals surface area (Å²) in [5.74, 6) is 0.800. The Morgan fingerprint density at radius 2 is 2.17 bits per heavy atom. The molecule has 1 aromatic heterocycles. The van der Waals surface area contributed by atoms with Gasteiger partial charge in [0.1, 0.15) is 0 Å². The maximum absolute atomic E-state index is 11.9. The summed E-state index contributed by atoms with van der Waals surface area (Å²) in [5, 5.41) is 5.15. The second-order valence-corrected chi connectivity index (χ2v) is 5.78. The largest absolute Gasteiger partial charge is 0.370 e. The van der Waals surface area contributed by atoms with Gasteiger partial charge in [-0.1, -0.05) is 22.9 Å². The molecule has 4 nitrogen and oxygen atoms in total. The Hall–Kier alpha value is -0.840. The van der Waals surface area contributed by atoms with Crippen LogP contribution in [-0.2, 0) is 6.54 Å². The summed E-state index contributed by atoms with van der Waals surface area (Å²) in [7, 11) is 0. The van der Waals surface area contributed by atoms with E-state index in [0.29, 0.717) is 6.54 Å². The van der Waals surface area contributed by atoms with Gasteiger partial charge in [0, 0.05) is 31.0 Å². The molecule has 0 amide bonds. The van der Waals surface area contributed by atoms with E-state index in [0.717, 1.165) is 36.4 Å². The van der Waals surface area contributed by atoms with Crippen LogP contribution in [0.3, 0.4) is 0 Å². The Kier molecular flexibility index (Phi) is 4.80. The number of halogens is 1. The first-order valence-corrected chi connectivity index (χ1v) is 7.71. The first kappa shape index (κ1) is 13.6. The molecule has 0 radical (unpaired) electrons. The van der Waals surface area contributed by atoms with E-state index in [1.807, 2.05) is 6.20 Å². The predicted molar refractivity (Wildman–Crippen MR) is 77.5 cm³/mol. The summed E-state index contributed by atoms with van der Waals surface area (Å²) >= 11 is 3.36. The topological polar surface area (TPSA) is 38.1 Å². The predicted octanol–water partition coefficient (Wildman–Crippen LogP) is 2.26. The normalized spacial score (nSPS) is 17.1. The highest BCUT2D eigenvalue weighted by atomic mass is 79.9. The summed E-state index contributed by atoms with van der Waals surface area (Å²) in [5.41, 5.74) is 0.981. The Morgan fingerprint density at radius 3 is 2.78 bits per heavy atom. The van der Waals surface area contributed by atoms with Crippen molar-refractivity contribution in [1.29, 1.82) is 0 Å². The standard InChI is InChI=1S/C13H20BrN3O/c1-11-3-7-16(8-4-11)12-9-13(18)17(15-10-12)6-2-5-14/h9-11H,2-8H2,1H3. The fourth-order valence-electron chi connectivity index (χ4n) is 2.24. The average Bonchev–Trinajstić information content (AvgIpc) is 2.38. The van der Waals surface area contributed by atoms with Gasteiger partial charge in [0.15, 0.2) is 0 Å². The van der Waals surface area contributed by atoms with E-state index in [1.165, 1.54) is 17.5 Å². The maximum Gasteiger partial charge on any atom is 0.268 e. The quantitative estimate of drug-likeness (QED) is 0.800. The van der Waals surface area contributed by atoms with Crippen molar-refractivity contribution in [2.75, 3.05) is 23.3 Å². The average molecular weight is 314 g/mol. The lowest BCUT2D eigenvalue weighted by atomic mass is 9.99. The summed E-state index contributed by atoms with van der Waals surface area (Å²) in [6.07, 6.45) is 5.15. The molecule has 0 aliphatic carbocycles. The molecule has 1 aliphatic rings. The Balaban J connectivity index is 2.06. The molecule has 0 aromatic carbocycles. The molecule has 0 saturated carbocycles. The molecule has 0 unspecified atom stereocenters. The highest BCUT2D eigenvalue weighted by Gasteiger charge is 2.16. The minimum Gasteiger partial charge on any atom is -0.370 e. The third-order valence-electron chi connectivity index (χ3n) is 3.51. The lowest BCUT2D eigenvalue weighted by Crippen LogP contribution is -2.34. The third kappa shape index (κ3) is 3.34. The number of aryl methyl sites for hydroxylation is 1. The summed E-state index contributed by atoms with van der Waals surface area (Å²) in [4.78, 5) is 14.2. The molecule has 1 aromatic rings. The van der Waals surface area contributed by atoms with Crippen LogP contribution in [0.5, 0.6) is 0 Å². The summed E-state index contributed by atoms with van der Waals surface area (Å²) in [6, 6.07) is 1.72. The van der Waals surface area contributed by atoms with Crippen LogP contribution in [0.25, 0.3) is 0 Å². The van der Waals surface area contributed by atoms with E-state index in [4.69, 9.17) is 0 Å². The van der Waals surface area contributed by atoms with Crippen LogP contribution in [-0.4, -0.2) is 28.2 Å². The van der Waals surface area contributed by atoms with Crippen molar-refractivity contribution in [3.05, 3.63) is 22.6 Å². The van der Waals surface area contributed by atoms with Gasteiger partial charge in [-0.15, -0.1) is 0 Å². The van der Waals surface area contributed by atoms with Crippen molar-refractivity contribution in [2.45, 2.75) is 32.7 Å². The SMILES string of the molecule is CC1CCN(c2cnn(CCCBr)c(=O)c2)CC1. The van der Waals surface area contributed by atoms with Gasteiger partial charge in [0.05, 0.1) is 11.9 Å². The molecular formula is C13H20BrN3O. The Labute approximate surface area is 116 Å². The minimum atomic E-state index is 0.00655. The second-order valence-electron chi connectivity index (χ2n) is 4.99. The van der Waals surface area contributed by atoms with Gasteiger partial charge in [-0.3, -0.25) is 4.79 Å². The number of nitrogens with zero attached hydrogens (tertiary/aromatic N) is 3. The number of rotatable bonds is 4. The van der Waals surface area contributed by atoms with Gasteiger partial charge in [-0.25, -0.2) is 4.68 Å². The molecule has 1 fully saturated rings. The Bertz CT molecular complexity index is 438. The third-order valence-corrected chi connectivity index (χ3v) is 4.07. The van der Waals surface area contributed by atoms with Crippen LogP contribution >= 0.6 is 15.9 Å². The second kappa shape index (κ2) is 6.36. The van der Waals surface area contributed by atoms with Crippen molar-refractivity contribution in [3.8, 4) is 0 Å². The zero-order chi connectivity index (χ0) is 13.0. The fourth-order valence-corrected chi connectivity index (χ4v) is 2.49. The molecule has 5 heteroatoms. The van der Waals surface area contributed by atoms with Gasteiger partial charge >= 0.3 is 0 Å². The lowest BCUT2D eigenvalue weighted by Gasteiger charge is -2.31. The number of alkyl halides is 1. The first-order chi connectivity index (χ1) is 8.70. The van der Waals surface area contributed by atoms with Crippen LogP contribution in [0.4, 0.5) is 5.69 Å². The smallest absolute Gasteiger partial charge is 0.268 e. The molecular weight excluding hydrogens is 294 g/mol. The van der Waals surface area contributed by atoms with E-state index < -0.39 is 0 Å². The molecule has 0 bridgehead atoms. The van der Waals surface area contributed by atoms with Crippen molar-refractivity contribution in [1.82, 2.24) is 9.78 Å². The number of anilines is 1. The van der Waals surface area contributed by atoms with E-state index in [9.17, 15) is 4.79 Å². The number of hydrogen-bond donors (Lipinski definition) is 0.